The summed E-state index contributed by atoms with van der Waals surface area (Å²) in [5.74, 6) is 0. The molecule has 0 spiro atoms. The molecule has 0 atom stereocenters. The van der Waals surface area contributed by atoms with E-state index in [1.54, 1.807) is 11.3 Å². The van der Waals surface area contributed by atoms with Crippen molar-refractivity contribution in [1.82, 2.24) is 10.3 Å². The first kappa shape index (κ1) is 10.7. The van der Waals surface area contributed by atoms with E-state index in [4.69, 9.17) is 0 Å². The minimum atomic E-state index is 0.313. The molecule has 1 heterocycles. The molecule has 1 aromatic heterocycles. The van der Waals surface area contributed by atoms with Gasteiger partial charge in [0.05, 0.1) is 5.01 Å². The van der Waals surface area contributed by atoms with Gasteiger partial charge in [-0.05, 0) is 12.0 Å². The van der Waals surface area contributed by atoms with E-state index >= 15 is 0 Å². The summed E-state index contributed by atoms with van der Waals surface area (Å²) in [6.07, 6.45) is 2.95. The SMILES string of the molecule is CCNCC(C)(C)Cc1nccs1. The standard InChI is InChI=1S/C10H18N2S/c1-4-11-8-10(2,3)7-9-12-5-6-13-9/h5-6,11H,4,7-8H2,1-3H3. The Balaban J connectivity index is 2.42. The molecule has 1 aromatic rings. The van der Waals surface area contributed by atoms with Crippen molar-refractivity contribution in [2.75, 3.05) is 13.1 Å². The number of nitrogens with one attached hydrogen (secondary N) is 1. The monoisotopic (exact) mass is 198 g/mol. The number of rotatable bonds is 5. The Bertz CT molecular complexity index is 229. The van der Waals surface area contributed by atoms with Crippen molar-refractivity contribution in [3.63, 3.8) is 0 Å². The number of hydrogen-bond donors (Lipinski definition) is 1. The molecule has 0 aromatic carbocycles. The number of hydrogen-bond acceptors (Lipinski definition) is 3. The summed E-state index contributed by atoms with van der Waals surface area (Å²) in [5.41, 5.74) is 0.313. The average Bonchev–Trinajstić information content (AvgIpc) is 2.52. The predicted molar refractivity (Wildman–Crippen MR) is 58.1 cm³/mol. The molecule has 0 fully saturated rings. The molecule has 0 amide bonds. The van der Waals surface area contributed by atoms with Gasteiger partial charge in [0.25, 0.3) is 0 Å². The first-order valence-electron chi connectivity index (χ1n) is 4.73. The molecule has 0 saturated heterocycles. The normalized spacial score (nSPS) is 11.9. The maximum Gasteiger partial charge on any atom is 0.0930 e. The molecule has 74 valence electrons. The summed E-state index contributed by atoms with van der Waals surface area (Å²) in [5, 5.41) is 6.66. The molecule has 0 aliphatic carbocycles. The molecule has 13 heavy (non-hydrogen) atoms. The second kappa shape index (κ2) is 4.72. The quantitative estimate of drug-likeness (QED) is 0.785. The lowest BCUT2D eigenvalue weighted by Crippen LogP contribution is -2.30. The molecular weight excluding hydrogens is 180 g/mol. The predicted octanol–water partition coefficient (Wildman–Crippen LogP) is 2.32. The van der Waals surface area contributed by atoms with Crippen molar-refractivity contribution in [3.05, 3.63) is 16.6 Å². The second-order valence-corrected chi connectivity index (χ2v) is 5.03. The molecule has 3 heteroatoms. The van der Waals surface area contributed by atoms with Crippen LogP contribution in [0.1, 0.15) is 25.8 Å². The summed E-state index contributed by atoms with van der Waals surface area (Å²) < 4.78 is 0. The molecule has 2 nitrogen and oxygen atoms in total. The zero-order valence-electron chi connectivity index (χ0n) is 8.63. The Hall–Kier alpha value is -0.410. The van der Waals surface area contributed by atoms with Crippen molar-refractivity contribution in [3.8, 4) is 0 Å². The van der Waals surface area contributed by atoms with Crippen molar-refractivity contribution in [1.29, 1.82) is 0 Å². The molecule has 0 aliphatic rings. The van der Waals surface area contributed by atoms with Crippen molar-refractivity contribution >= 4 is 11.3 Å². The van der Waals surface area contributed by atoms with E-state index in [2.05, 4.69) is 31.1 Å². The van der Waals surface area contributed by atoms with E-state index in [0.29, 0.717) is 5.41 Å². The summed E-state index contributed by atoms with van der Waals surface area (Å²) >= 11 is 1.74. The summed E-state index contributed by atoms with van der Waals surface area (Å²) in [6, 6.07) is 0. The van der Waals surface area contributed by atoms with Crippen LogP contribution in [0.15, 0.2) is 11.6 Å². The van der Waals surface area contributed by atoms with Crippen LogP contribution in [-0.4, -0.2) is 18.1 Å². The fourth-order valence-electron chi connectivity index (χ4n) is 1.28. The highest BCUT2D eigenvalue weighted by Crippen LogP contribution is 2.21. The average molecular weight is 198 g/mol. The van der Waals surface area contributed by atoms with Gasteiger partial charge in [-0.3, -0.25) is 0 Å². The molecule has 0 aliphatic heterocycles. The van der Waals surface area contributed by atoms with Gasteiger partial charge in [0.2, 0.25) is 0 Å². The number of thiazole rings is 1. The van der Waals surface area contributed by atoms with E-state index < -0.39 is 0 Å². The van der Waals surface area contributed by atoms with Gasteiger partial charge in [-0.15, -0.1) is 11.3 Å². The highest BCUT2D eigenvalue weighted by molar-refractivity contribution is 7.09. The maximum absolute atomic E-state index is 4.30. The molecule has 1 rings (SSSR count). The summed E-state index contributed by atoms with van der Waals surface area (Å²) in [6.45, 7) is 8.79. The van der Waals surface area contributed by atoms with Crippen LogP contribution < -0.4 is 5.32 Å². The van der Waals surface area contributed by atoms with E-state index in [-0.39, 0.29) is 0 Å². The lowest BCUT2D eigenvalue weighted by atomic mass is 9.89. The first-order valence-corrected chi connectivity index (χ1v) is 5.61. The third-order valence-corrected chi connectivity index (χ3v) is 2.75. The second-order valence-electron chi connectivity index (χ2n) is 4.05. The van der Waals surface area contributed by atoms with Gasteiger partial charge in [0, 0.05) is 24.5 Å². The number of nitrogens with zero attached hydrogens (tertiary/aromatic N) is 1. The Kier molecular flexibility index (Phi) is 3.88. The van der Waals surface area contributed by atoms with E-state index in [1.165, 1.54) is 5.01 Å². The van der Waals surface area contributed by atoms with Crippen LogP contribution in [0.5, 0.6) is 0 Å². The highest BCUT2D eigenvalue weighted by Gasteiger charge is 2.18. The third kappa shape index (κ3) is 3.87. The van der Waals surface area contributed by atoms with Crippen LogP contribution in [0.2, 0.25) is 0 Å². The lowest BCUT2D eigenvalue weighted by molar-refractivity contribution is 0.341. The third-order valence-electron chi connectivity index (χ3n) is 1.97. The highest BCUT2D eigenvalue weighted by atomic mass is 32.1. The minimum Gasteiger partial charge on any atom is -0.316 e. The molecule has 0 unspecified atom stereocenters. The minimum absolute atomic E-state index is 0.313. The Labute approximate surface area is 84.4 Å². The molecule has 0 bridgehead atoms. The Morgan fingerprint density at radius 3 is 2.85 bits per heavy atom. The van der Waals surface area contributed by atoms with Gasteiger partial charge in [0.15, 0.2) is 0 Å². The van der Waals surface area contributed by atoms with E-state index in [9.17, 15) is 0 Å². The van der Waals surface area contributed by atoms with Gasteiger partial charge in [-0.1, -0.05) is 20.8 Å². The summed E-state index contributed by atoms with van der Waals surface area (Å²) in [4.78, 5) is 4.30. The number of aromatic nitrogens is 1. The van der Waals surface area contributed by atoms with Crippen molar-refractivity contribution < 1.29 is 0 Å². The van der Waals surface area contributed by atoms with Crippen LogP contribution in [0.4, 0.5) is 0 Å². The van der Waals surface area contributed by atoms with Crippen molar-refractivity contribution in [2.24, 2.45) is 5.41 Å². The summed E-state index contributed by atoms with van der Waals surface area (Å²) in [7, 11) is 0. The zero-order chi connectivity index (χ0) is 9.73. The first-order chi connectivity index (χ1) is 6.14. The Morgan fingerprint density at radius 1 is 1.54 bits per heavy atom. The van der Waals surface area contributed by atoms with Crippen LogP contribution in [0.3, 0.4) is 0 Å². The fourth-order valence-corrected chi connectivity index (χ4v) is 2.15. The largest absolute Gasteiger partial charge is 0.316 e. The van der Waals surface area contributed by atoms with Gasteiger partial charge in [0.1, 0.15) is 0 Å². The Morgan fingerprint density at radius 2 is 2.31 bits per heavy atom. The zero-order valence-corrected chi connectivity index (χ0v) is 9.45. The van der Waals surface area contributed by atoms with E-state index in [0.717, 1.165) is 19.5 Å². The maximum atomic E-state index is 4.30. The van der Waals surface area contributed by atoms with E-state index in [1.807, 2.05) is 11.6 Å². The van der Waals surface area contributed by atoms with Crippen molar-refractivity contribution in [2.45, 2.75) is 27.2 Å². The van der Waals surface area contributed by atoms with Crippen LogP contribution >= 0.6 is 11.3 Å². The molecule has 0 saturated carbocycles. The fraction of sp³-hybridized carbons (Fsp3) is 0.700. The molecular formula is C10H18N2S. The smallest absolute Gasteiger partial charge is 0.0930 e. The lowest BCUT2D eigenvalue weighted by Gasteiger charge is -2.23. The van der Waals surface area contributed by atoms with Crippen LogP contribution in [0, 0.1) is 5.41 Å². The van der Waals surface area contributed by atoms with Crippen LogP contribution in [0.25, 0.3) is 0 Å². The molecule has 0 radical (unpaired) electrons. The van der Waals surface area contributed by atoms with Crippen LogP contribution in [-0.2, 0) is 6.42 Å². The van der Waals surface area contributed by atoms with Gasteiger partial charge in [-0.25, -0.2) is 4.98 Å². The van der Waals surface area contributed by atoms with Gasteiger partial charge < -0.3 is 5.32 Å². The van der Waals surface area contributed by atoms with Gasteiger partial charge >= 0.3 is 0 Å². The molecule has 1 N–H and O–H groups in total. The topological polar surface area (TPSA) is 24.9 Å². The van der Waals surface area contributed by atoms with Gasteiger partial charge in [-0.2, -0.15) is 0 Å².